The van der Waals surface area contributed by atoms with E-state index in [0.29, 0.717) is 17.8 Å². The highest BCUT2D eigenvalue weighted by Crippen LogP contribution is 2.20. The molecule has 1 aromatic rings. The zero-order valence-corrected chi connectivity index (χ0v) is 11.1. The van der Waals surface area contributed by atoms with E-state index in [0.717, 1.165) is 0 Å². The van der Waals surface area contributed by atoms with Crippen LogP contribution in [0.4, 0.5) is 10.1 Å². The summed E-state index contributed by atoms with van der Waals surface area (Å²) in [7, 11) is 1.29. The van der Waals surface area contributed by atoms with Gasteiger partial charge in [0.15, 0.2) is 0 Å². The number of anilines is 1. The first-order valence-electron chi connectivity index (χ1n) is 5.40. The predicted molar refractivity (Wildman–Crippen MR) is 72.2 cm³/mol. The SMILES string of the molecule is CCN(CC(=O)OC)c1ccc(C(N)=S)cc1F. The average molecular weight is 270 g/mol. The minimum absolute atomic E-state index is 0.00363. The standard InChI is InChI=1S/C12H15FN2O2S/c1-3-15(7-11(16)17-2)10-5-4-8(12(14)18)6-9(10)13/h4-6H,3,7H2,1-2H3,(H2,14,18). The third kappa shape index (κ3) is 3.40. The number of rotatable bonds is 5. The van der Waals surface area contributed by atoms with E-state index in [1.165, 1.54) is 13.2 Å². The van der Waals surface area contributed by atoms with E-state index < -0.39 is 11.8 Å². The molecule has 98 valence electrons. The van der Waals surface area contributed by atoms with Crippen LogP contribution < -0.4 is 10.6 Å². The van der Waals surface area contributed by atoms with Crippen LogP contribution in [0.15, 0.2) is 18.2 Å². The van der Waals surface area contributed by atoms with Gasteiger partial charge in [0.2, 0.25) is 0 Å². The van der Waals surface area contributed by atoms with Crippen LogP contribution in [0, 0.1) is 5.82 Å². The second-order valence-electron chi connectivity index (χ2n) is 3.62. The number of benzene rings is 1. The van der Waals surface area contributed by atoms with Crippen molar-refractivity contribution in [1.29, 1.82) is 0 Å². The Balaban J connectivity index is 3.00. The van der Waals surface area contributed by atoms with E-state index in [4.69, 9.17) is 18.0 Å². The molecule has 0 radical (unpaired) electrons. The van der Waals surface area contributed by atoms with Gasteiger partial charge in [0.25, 0.3) is 0 Å². The van der Waals surface area contributed by atoms with Gasteiger partial charge in [-0.15, -0.1) is 0 Å². The van der Waals surface area contributed by atoms with Crippen molar-refractivity contribution in [3.05, 3.63) is 29.6 Å². The lowest BCUT2D eigenvalue weighted by Crippen LogP contribution is -2.31. The first-order valence-corrected chi connectivity index (χ1v) is 5.81. The molecule has 18 heavy (non-hydrogen) atoms. The maximum absolute atomic E-state index is 13.9. The summed E-state index contributed by atoms with van der Waals surface area (Å²) < 4.78 is 18.5. The molecule has 0 spiro atoms. The lowest BCUT2D eigenvalue weighted by atomic mass is 10.2. The lowest BCUT2D eigenvalue weighted by molar-refractivity contribution is -0.138. The summed E-state index contributed by atoms with van der Waals surface area (Å²) >= 11 is 4.77. The summed E-state index contributed by atoms with van der Waals surface area (Å²) in [6, 6.07) is 4.44. The van der Waals surface area contributed by atoms with Crippen molar-refractivity contribution in [2.24, 2.45) is 5.73 Å². The maximum Gasteiger partial charge on any atom is 0.325 e. The fourth-order valence-corrected chi connectivity index (χ4v) is 1.63. The van der Waals surface area contributed by atoms with Crippen LogP contribution in [0.1, 0.15) is 12.5 Å². The molecule has 0 aromatic heterocycles. The average Bonchev–Trinajstić information content (AvgIpc) is 2.35. The zero-order chi connectivity index (χ0) is 13.7. The van der Waals surface area contributed by atoms with Crippen LogP contribution in [0.5, 0.6) is 0 Å². The molecular weight excluding hydrogens is 255 g/mol. The number of likely N-dealkylation sites (N-methyl/N-ethyl adjacent to an activating group) is 1. The largest absolute Gasteiger partial charge is 0.468 e. The Morgan fingerprint density at radius 2 is 2.22 bits per heavy atom. The summed E-state index contributed by atoms with van der Waals surface area (Å²) in [6.07, 6.45) is 0. The number of methoxy groups -OCH3 is 1. The van der Waals surface area contributed by atoms with Crippen LogP contribution >= 0.6 is 12.2 Å². The molecule has 0 saturated heterocycles. The van der Waals surface area contributed by atoms with Crippen LogP contribution in [0.3, 0.4) is 0 Å². The lowest BCUT2D eigenvalue weighted by Gasteiger charge is -2.22. The van der Waals surface area contributed by atoms with Crippen LogP contribution in [-0.4, -0.2) is 31.2 Å². The Morgan fingerprint density at radius 3 is 2.67 bits per heavy atom. The molecule has 2 N–H and O–H groups in total. The van der Waals surface area contributed by atoms with E-state index in [-0.39, 0.29) is 11.5 Å². The second kappa shape index (κ2) is 6.30. The van der Waals surface area contributed by atoms with Crippen molar-refractivity contribution in [2.45, 2.75) is 6.92 Å². The number of nitrogens with two attached hydrogens (primary N) is 1. The van der Waals surface area contributed by atoms with Crippen molar-refractivity contribution in [1.82, 2.24) is 0 Å². The Morgan fingerprint density at radius 1 is 1.56 bits per heavy atom. The number of halogens is 1. The fourth-order valence-electron chi connectivity index (χ4n) is 1.50. The summed E-state index contributed by atoms with van der Waals surface area (Å²) in [5, 5.41) is 0. The fraction of sp³-hybridized carbons (Fsp3) is 0.333. The smallest absolute Gasteiger partial charge is 0.325 e. The van der Waals surface area contributed by atoms with Gasteiger partial charge in [-0.1, -0.05) is 12.2 Å². The number of carbonyl (C=O) groups excluding carboxylic acids is 1. The predicted octanol–water partition coefficient (Wildman–Crippen LogP) is 1.46. The summed E-state index contributed by atoms with van der Waals surface area (Å²) in [6.45, 7) is 2.30. The molecular formula is C12H15FN2O2S. The molecule has 0 aliphatic rings. The molecule has 0 aliphatic carbocycles. The molecule has 0 atom stereocenters. The molecule has 6 heteroatoms. The second-order valence-corrected chi connectivity index (χ2v) is 4.06. The summed E-state index contributed by atoms with van der Waals surface area (Å²) in [4.78, 5) is 12.9. The quantitative estimate of drug-likeness (QED) is 0.648. The first-order chi connectivity index (χ1) is 8.49. The minimum Gasteiger partial charge on any atom is -0.468 e. The first kappa shape index (κ1) is 14.4. The Bertz CT molecular complexity index is 465. The molecule has 0 aliphatic heterocycles. The highest BCUT2D eigenvalue weighted by atomic mass is 32.1. The van der Waals surface area contributed by atoms with Crippen molar-refractivity contribution in [3.63, 3.8) is 0 Å². The van der Waals surface area contributed by atoms with E-state index in [1.54, 1.807) is 17.0 Å². The van der Waals surface area contributed by atoms with Crippen LogP contribution in [0.25, 0.3) is 0 Å². The number of esters is 1. The van der Waals surface area contributed by atoms with Gasteiger partial charge in [-0.25, -0.2) is 4.39 Å². The number of thiocarbonyl (C=S) groups is 1. The molecule has 1 aromatic carbocycles. The van der Waals surface area contributed by atoms with Crippen LogP contribution in [0.2, 0.25) is 0 Å². The van der Waals surface area contributed by atoms with Gasteiger partial charge in [0.05, 0.1) is 12.8 Å². The minimum atomic E-state index is -0.467. The van der Waals surface area contributed by atoms with Gasteiger partial charge >= 0.3 is 5.97 Å². The van der Waals surface area contributed by atoms with Gasteiger partial charge in [-0.3, -0.25) is 4.79 Å². The zero-order valence-electron chi connectivity index (χ0n) is 10.3. The van der Waals surface area contributed by atoms with Crippen molar-refractivity contribution in [3.8, 4) is 0 Å². The highest BCUT2D eigenvalue weighted by molar-refractivity contribution is 7.80. The monoisotopic (exact) mass is 270 g/mol. The highest BCUT2D eigenvalue weighted by Gasteiger charge is 2.14. The van der Waals surface area contributed by atoms with E-state index in [1.807, 2.05) is 6.92 Å². The molecule has 0 heterocycles. The third-order valence-corrected chi connectivity index (χ3v) is 2.74. The van der Waals surface area contributed by atoms with Gasteiger partial charge in [-0.05, 0) is 25.1 Å². The van der Waals surface area contributed by atoms with Gasteiger partial charge < -0.3 is 15.4 Å². The number of hydrogen-bond donors (Lipinski definition) is 1. The van der Waals surface area contributed by atoms with E-state index in [9.17, 15) is 9.18 Å². The summed E-state index contributed by atoms with van der Waals surface area (Å²) in [5.74, 6) is -0.888. The Hall–Kier alpha value is -1.69. The van der Waals surface area contributed by atoms with E-state index in [2.05, 4.69) is 4.74 Å². The number of nitrogens with zero attached hydrogens (tertiary/aromatic N) is 1. The van der Waals surface area contributed by atoms with Crippen molar-refractivity contribution < 1.29 is 13.9 Å². The topological polar surface area (TPSA) is 55.6 Å². The number of carbonyl (C=O) groups is 1. The molecule has 0 bridgehead atoms. The number of ether oxygens (including phenoxy) is 1. The van der Waals surface area contributed by atoms with Crippen LogP contribution in [-0.2, 0) is 9.53 Å². The Labute approximate surface area is 111 Å². The van der Waals surface area contributed by atoms with Gasteiger partial charge in [-0.2, -0.15) is 0 Å². The van der Waals surface area contributed by atoms with Crippen molar-refractivity contribution in [2.75, 3.05) is 25.1 Å². The molecule has 4 nitrogen and oxygen atoms in total. The third-order valence-electron chi connectivity index (χ3n) is 2.50. The summed E-state index contributed by atoms with van der Waals surface area (Å²) in [5.41, 5.74) is 6.20. The Kier molecular flexibility index (Phi) is 5.03. The maximum atomic E-state index is 13.9. The van der Waals surface area contributed by atoms with Crippen molar-refractivity contribution >= 4 is 28.9 Å². The molecule has 0 amide bonds. The van der Waals surface area contributed by atoms with Gasteiger partial charge in [0, 0.05) is 12.1 Å². The normalized spacial score (nSPS) is 9.94. The van der Waals surface area contributed by atoms with Gasteiger partial charge in [0.1, 0.15) is 17.4 Å². The molecule has 1 rings (SSSR count). The molecule has 0 unspecified atom stereocenters. The van der Waals surface area contributed by atoms with E-state index >= 15 is 0 Å². The molecule has 0 fully saturated rings. The molecule has 0 saturated carbocycles. The number of hydrogen-bond acceptors (Lipinski definition) is 4.